The van der Waals surface area contributed by atoms with E-state index in [1.165, 1.54) is 0 Å². The molecular formula is C27H32N6O3. The zero-order chi connectivity index (χ0) is 25.1. The molecule has 2 N–H and O–H groups in total. The van der Waals surface area contributed by atoms with Crippen LogP contribution in [0.3, 0.4) is 0 Å². The van der Waals surface area contributed by atoms with Gasteiger partial charge in [0.15, 0.2) is 0 Å². The maximum Gasteiger partial charge on any atom is 0.319 e. The molecule has 0 aliphatic carbocycles. The van der Waals surface area contributed by atoms with Crippen molar-refractivity contribution in [2.24, 2.45) is 0 Å². The molecule has 5 rings (SSSR count). The van der Waals surface area contributed by atoms with Crippen molar-refractivity contribution in [1.29, 1.82) is 0 Å². The van der Waals surface area contributed by atoms with Gasteiger partial charge in [0.2, 0.25) is 0 Å². The third-order valence-corrected chi connectivity index (χ3v) is 6.45. The van der Waals surface area contributed by atoms with Crippen LogP contribution < -0.4 is 20.3 Å². The molecule has 0 bridgehead atoms. The number of anilines is 2. The summed E-state index contributed by atoms with van der Waals surface area (Å²) in [5.41, 5.74) is 4.88. The summed E-state index contributed by atoms with van der Waals surface area (Å²) in [7, 11) is 0. The van der Waals surface area contributed by atoms with Gasteiger partial charge in [-0.15, -0.1) is 0 Å². The van der Waals surface area contributed by atoms with E-state index < -0.39 is 0 Å². The van der Waals surface area contributed by atoms with Gasteiger partial charge in [0.1, 0.15) is 11.9 Å². The van der Waals surface area contributed by atoms with Gasteiger partial charge < -0.3 is 25.0 Å². The molecule has 2 aliphatic rings. The molecule has 2 aliphatic heterocycles. The molecule has 3 aromatic rings. The van der Waals surface area contributed by atoms with E-state index in [1.54, 1.807) is 12.3 Å². The number of nitrogens with zero attached hydrogens (tertiary/aromatic N) is 4. The van der Waals surface area contributed by atoms with Crippen molar-refractivity contribution in [3.8, 4) is 17.3 Å². The first-order valence-electron chi connectivity index (χ1n) is 12.4. The largest absolute Gasteiger partial charge is 0.457 e. The predicted octanol–water partition coefficient (Wildman–Crippen LogP) is 3.41. The highest BCUT2D eigenvalue weighted by Crippen LogP contribution is 2.30. The fraction of sp³-hybridized carbons (Fsp3) is 0.407. The first kappa shape index (κ1) is 24.1. The number of ether oxygens (including phenoxy) is 2. The predicted molar refractivity (Wildman–Crippen MR) is 139 cm³/mol. The van der Waals surface area contributed by atoms with Crippen molar-refractivity contribution in [1.82, 2.24) is 20.3 Å². The van der Waals surface area contributed by atoms with Crippen molar-refractivity contribution in [3.05, 3.63) is 59.4 Å². The lowest BCUT2D eigenvalue weighted by molar-refractivity contribution is 0.102. The molecular weight excluding hydrogens is 456 g/mol. The van der Waals surface area contributed by atoms with Crippen molar-refractivity contribution >= 4 is 17.4 Å². The zero-order valence-electron chi connectivity index (χ0n) is 21.0. The van der Waals surface area contributed by atoms with Gasteiger partial charge in [0.05, 0.1) is 18.9 Å². The molecule has 0 atom stereocenters. The van der Waals surface area contributed by atoms with Crippen LogP contribution in [0.2, 0.25) is 0 Å². The Balaban J connectivity index is 1.44. The van der Waals surface area contributed by atoms with Crippen LogP contribution in [0.15, 0.2) is 42.6 Å². The fourth-order valence-electron chi connectivity index (χ4n) is 4.14. The Labute approximate surface area is 211 Å². The average Bonchev–Trinajstić information content (AvgIpc) is 2.87. The van der Waals surface area contributed by atoms with Crippen molar-refractivity contribution < 1.29 is 14.3 Å². The average molecular weight is 489 g/mol. The number of benzene rings is 1. The number of rotatable bonds is 7. The summed E-state index contributed by atoms with van der Waals surface area (Å²) in [6, 6.07) is 11.8. The standard InChI is InChI=1S/C27H32N6O3/c1-17(2)23-12-19(6-7-29-23)26(34)30-20-5-4-18(3)22(13-20)24-14-25(33-8-10-35-11-9-33)32-27(31-24)36-21-15-28-16-21/h4-7,12-14,17,21,28H,8-11,15-16H2,1-3H3,(H,30,34). The molecule has 1 aromatic carbocycles. The Morgan fingerprint density at radius 1 is 1.14 bits per heavy atom. The number of nitrogens with one attached hydrogen (secondary N) is 2. The molecule has 1 amide bonds. The minimum absolute atomic E-state index is 0.0700. The summed E-state index contributed by atoms with van der Waals surface area (Å²) < 4.78 is 11.6. The molecule has 36 heavy (non-hydrogen) atoms. The molecule has 188 valence electrons. The van der Waals surface area contributed by atoms with Crippen LogP contribution in [0.25, 0.3) is 11.3 Å². The second-order valence-corrected chi connectivity index (χ2v) is 9.50. The van der Waals surface area contributed by atoms with Gasteiger partial charge >= 0.3 is 6.01 Å². The van der Waals surface area contributed by atoms with E-state index in [2.05, 4.69) is 34.4 Å². The summed E-state index contributed by atoms with van der Waals surface area (Å²) in [6.45, 7) is 10.6. The lowest BCUT2D eigenvalue weighted by Gasteiger charge is -2.30. The van der Waals surface area contributed by atoms with E-state index in [1.807, 2.05) is 37.3 Å². The zero-order valence-corrected chi connectivity index (χ0v) is 21.0. The number of hydrogen-bond acceptors (Lipinski definition) is 8. The second-order valence-electron chi connectivity index (χ2n) is 9.50. The molecule has 0 saturated carbocycles. The Morgan fingerprint density at radius 2 is 1.94 bits per heavy atom. The Hall–Kier alpha value is -3.56. The number of pyridine rings is 1. The van der Waals surface area contributed by atoms with Crippen LogP contribution in [0, 0.1) is 6.92 Å². The highest BCUT2D eigenvalue weighted by atomic mass is 16.5. The highest BCUT2D eigenvalue weighted by Gasteiger charge is 2.22. The van der Waals surface area contributed by atoms with E-state index in [0.29, 0.717) is 30.5 Å². The minimum Gasteiger partial charge on any atom is -0.457 e. The van der Waals surface area contributed by atoms with Crippen molar-refractivity contribution in [3.63, 3.8) is 0 Å². The van der Waals surface area contributed by atoms with Gasteiger partial charge in [0.25, 0.3) is 5.91 Å². The topological polar surface area (TPSA) is 102 Å². The van der Waals surface area contributed by atoms with Gasteiger partial charge in [-0.25, -0.2) is 0 Å². The summed E-state index contributed by atoms with van der Waals surface area (Å²) in [5.74, 6) is 0.888. The number of morpholine rings is 1. The first-order chi connectivity index (χ1) is 17.5. The number of amides is 1. The van der Waals surface area contributed by atoms with Crippen LogP contribution in [-0.2, 0) is 4.74 Å². The maximum atomic E-state index is 13.0. The number of aromatic nitrogens is 3. The Bertz CT molecular complexity index is 1240. The SMILES string of the molecule is Cc1ccc(NC(=O)c2ccnc(C(C)C)c2)cc1-c1cc(N2CCOCC2)nc(OC2CNC2)n1. The number of aryl methyl sites for hydroxylation is 1. The van der Waals surface area contributed by atoms with Gasteiger partial charge in [-0.3, -0.25) is 9.78 Å². The summed E-state index contributed by atoms with van der Waals surface area (Å²) in [6.07, 6.45) is 1.75. The molecule has 2 fully saturated rings. The van der Waals surface area contributed by atoms with Crippen LogP contribution in [-0.4, -0.2) is 66.4 Å². The summed E-state index contributed by atoms with van der Waals surface area (Å²) >= 11 is 0. The fourth-order valence-corrected chi connectivity index (χ4v) is 4.14. The number of carbonyl (C=O) groups excluding carboxylic acids is 1. The van der Waals surface area contributed by atoms with E-state index in [9.17, 15) is 4.79 Å². The lowest BCUT2D eigenvalue weighted by Crippen LogP contribution is -2.50. The Morgan fingerprint density at radius 3 is 2.67 bits per heavy atom. The van der Waals surface area contributed by atoms with Crippen LogP contribution in [0.4, 0.5) is 11.5 Å². The second kappa shape index (κ2) is 10.6. The molecule has 0 spiro atoms. The lowest BCUT2D eigenvalue weighted by atomic mass is 10.0. The maximum absolute atomic E-state index is 13.0. The molecule has 0 radical (unpaired) electrons. The number of carbonyl (C=O) groups is 1. The molecule has 2 saturated heterocycles. The van der Waals surface area contributed by atoms with E-state index in [-0.39, 0.29) is 17.9 Å². The van der Waals surface area contributed by atoms with Gasteiger partial charge in [-0.05, 0) is 42.7 Å². The van der Waals surface area contributed by atoms with E-state index in [0.717, 1.165) is 54.5 Å². The van der Waals surface area contributed by atoms with Gasteiger partial charge in [-0.1, -0.05) is 19.9 Å². The minimum atomic E-state index is -0.174. The smallest absolute Gasteiger partial charge is 0.319 e. The third-order valence-electron chi connectivity index (χ3n) is 6.45. The quantitative estimate of drug-likeness (QED) is 0.522. The van der Waals surface area contributed by atoms with E-state index in [4.69, 9.17) is 19.4 Å². The van der Waals surface area contributed by atoms with Crippen LogP contribution >= 0.6 is 0 Å². The molecule has 0 unspecified atom stereocenters. The highest BCUT2D eigenvalue weighted by molar-refractivity contribution is 6.04. The van der Waals surface area contributed by atoms with Crippen LogP contribution in [0.5, 0.6) is 6.01 Å². The summed E-state index contributed by atoms with van der Waals surface area (Å²) in [5, 5.41) is 6.24. The first-order valence-corrected chi connectivity index (χ1v) is 12.4. The molecule has 4 heterocycles. The van der Waals surface area contributed by atoms with Crippen LogP contribution in [0.1, 0.15) is 41.4 Å². The van der Waals surface area contributed by atoms with E-state index >= 15 is 0 Å². The molecule has 9 heteroatoms. The molecule has 2 aromatic heterocycles. The van der Waals surface area contributed by atoms with Crippen molar-refractivity contribution in [2.45, 2.75) is 32.8 Å². The summed E-state index contributed by atoms with van der Waals surface area (Å²) in [4.78, 5) is 29.0. The third kappa shape index (κ3) is 5.47. The monoisotopic (exact) mass is 488 g/mol. The normalized spacial score (nSPS) is 16.1. The van der Waals surface area contributed by atoms with Crippen molar-refractivity contribution in [2.75, 3.05) is 49.6 Å². The molecule has 9 nitrogen and oxygen atoms in total. The Kier molecular flexibility index (Phi) is 7.11. The van der Waals surface area contributed by atoms with Gasteiger partial charge in [0, 0.05) is 61.0 Å². The number of hydrogen-bond donors (Lipinski definition) is 2. The van der Waals surface area contributed by atoms with Gasteiger partial charge in [-0.2, -0.15) is 9.97 Å².